The third kappa shape index (κ3) is 5.52. The summed E-state index contributed by atoms with van der Waals surface area (Å²) in [7, 11) is 0. The molecule has 0 aliphatic heterocycles. The van der Waals surface area contributed by atoms with Crippen LogP contribution in [0.3, 0.4) is 0 Å². The van der Waals surface area contributed by atoms with E-state index in [9.17, 15) is 13.9 Å². The molecule has 0 aliphatic rings. The second kappa shape index (κ2) is 2.65. The average molecular weight is 170 g/mol. The van der Waals surface area contributed by atoms with Crippen molar-refractivity contribution in [2.75, 3.05) is 0 Å². The van der Waals surface area contributed by atoms with Crippen molar-refractivity contribution in [3.8, 4) is 0 Å². The van der Waals surface area contributed by atoms with Crippen molar-refractivity contribution in [2.24, 2.45) is 0 Å². The van der Waals surface area contributed by atoms with Crippen molar-refractivity contribution < 1.29 is 12.9 Å². The van der Waals surface area contributed by atoms with Crippen LogP contribution in [0, 0.1) is 10.1 Å². The Bertz CT molecular complexity index is 85.9. The first kappa shape index (κ1) is 6.52. The Morgan fingerprint density at radius 3 is 2.29 bits per heavy atom. The molecule has 0 heterocycles. The van der Waals surface area contributed by atoms with Gasteiger partial charge in [0.15, 0.2) is 0 Å². The van der Waals surface area contributed by atoms with Gasteiger partial charge in [-0.3, -0.25) is 0 Å². The standard InChI is InChI=1S/AsH3N2O4/c4-1(5)2-3(6)7/h1H,(H2,2,4,5). The van der Waals surface area contributed by atoms with Crippen molar-refractivity contribution in [3.63, 3.8) is 0 Å². The van der Waals surface area contributed by atoms with Crippen LogP contribution in [0.15, 0.2) is 0 Å². The molecule has 6 nitrogen and oxygen atoms in total. The molecule has 42 valence electrons. The second-order valence-corrected chi connectivity index (χ2v) is 2.42. The van der Waals surface area contributed by atoms with E-state index in [0.717, 1.165) is 0 Å². The molecule has 1 atom stereocenters. The zero-order valence-corrected chi connectivity index (χ0v) is 5.22. The summed E-state index contributed by atoms with van der Waals surface area (Å²) in [4.78, 5) is 9.19. The summed E-state index contributed by atoms with van der Waals surface area (Å²) < 4.78 is 18.5. The molecule has 0 fully saturated rings. The van der Waals surface area contributed by atoms with Crippen LogP contribution in [0.4, 0.5) is 0 Å². The average Bonchev–Trinajstić information content (AvgIpc) is 1.27. The summed E-state index contributed by atoms with van der Waals surface area (Å²) in [5.74, 6) is 0. The molecular weight excluding hydrogens is 167 g/mol. The summed E-state index contributed by atoms with van der Waals surface area (Å²) in [5, 5.41) is 8.15. The molecule has 0 aromatic carbocycles. The van der Waals surface area contributed by atoms with E-state index in [4.69, 9.17) is 4.10 Å². The molecular formula is H3AsN2O4. The van der Waals surface area contributed by atoms with Crippen molar-refractivity contribution in [2.45, 2.75) is 0 Å². The van der Waals surface area contributed by atoms with Gasteiger partial charge in [-0.25, -0.2) is 0 Å². The van der Waals surface area contributed by atoms with Gasteiger partial charge in [-0.05, 0) is 0 Å². The second-order valence-electron chi connectivity index (χ2n) is 0.674. The van der Waals surface area contributed by atoms with Crippen molar-refractivity contribution in [1.29, 1.82) is 0 Å². The van der Waals surface area contributed by atoms with Crippen LogP contribution in [-0.2, 0) is 3.74 Å². The molecule has 0 radical (unpaired) electrons. The summed E-state index contributed by atoms with van der Waals surface area (Å²) in [5.41, 5.74) is 0. The van der Waals surface area contributed by atoms with Gasteiger partial charge in [0.25, 0.3) is 0 Å². The fraction of sp³-hybridized carbons (Fsp3) is 0. The first-order valence-corrected chi connectivity index (χ1v) is 4.11. The summed E-state index contributed by atoms with van der Waals surface area (Å²) in [6.07, 6.45) is 0. The Balaban J connectivity index is 3.32. The SMILES string of the molecule is O=[N+]([O-])N[AsH](=O)O. The van der Waals surface area contributed by atoms with E-state index >= 15 is 0 Å². The Morgan fingerprint density at radius 2 is 2.29 bits per heavy atom. The van der Waals surface area contributed by atoms with Crippen LogP contribution >= 0.6 is 0 Å². The third-order valence-corrected chi connectivity index (χ3v) is 0.971. The number of hydrazine groups is 1. The predicted octanol–water partition coefficient (Wildman–Crippen LogP) is -2.09. The van der Waals surface area contributed by atoms with E-state index in [1.54, 1.807) is 0 Å². The molecule has 0 aliphatic carbocycles. The topological polar surface area (TPSA) is 92.5 Å². The van der Waals surface area contributed by atoms with Gasteiger partial charge in [0, 0.05) is 0 Å². The number of nitrogens with one attached hydrogen (secondary N) is 1. The van der Waals surface area contributed by atoms with E-state index in [1.165, 1.54) is 4.34 Å². The Labute approximate surface area is 43.3 Å². The van der Waals surface area contributed by atoms with Gasteiger partial charge < -0.3 is 0 Å². The normalized spacial score (nSPS) is 12.7. The first-order chi connectivity index (χ1) is 3.13. The minimum atomic E-state index is -3.65. The van der Waals surface area contributed by atoms with E-state index in [0.29, 0.717) is 0 Å². The van der Waals surface area contributed by atoms with Gasteiger partial charge in [0.2, 0.25) is 0 Å². The van der Waals surface area contributed by atoms with Gasteiger partial charge in [-0.2, -0.15) is 0 Å². The molecule has 0 spiro atoms. The zero-order chi connectivity index (χ0) is 5.86. The Hall–Kier alpha value is -0.482. The van der Waals surface area contributed by atoms with E-state index in [-0.39, 0.29) is 0 Å². The molecule has 7 heteroatoms. The number of nitrogens with zero attached hydrogens (tertiary/aromatic N) is 1. The zero-order valence-electron chi connectivity index (χ0n) is 3.12. The van der Waals surface area contributed by atoms with Gasteiger partial charge in [0.1, 0.15) is 0 Å². The Morgan fingerprint density at radius 1 is 1.86 bits per heavy atom. The fourth-order valence-corrected chi connectivity index (χ4v) is 0.406. The maximum atomic E-state index is 9.51. The number of rotatable bonds is 2. The van der Waals surface area contributed by atoms with Crippen LogP contribution in [0.2, 0.25) is 0 Å². The Kier molecular flexibility index (Phi) is 2.47. The van der Waals surface area contributed by atoms with E-state index in [1.807, 2.05) is 0 Å². The first-order valence-electron chi connectivity index (χ1n) is 1.27. The monoisotopic (exact) mass is 170 g/mol. The summed E-state index contributed by atoms with van der Waals surface area (Å²) >= 11 is -3.65. The molecule has 0 rings (SSSR count). The molecule has 1 unspecified atom stereocenters. The van der Waals surface area contributed by atoms with E-state index < -0.39 is 20.2 Å². The number of nitro groups is 1. The van der Waals surface area contributed by atoms with Crippen molar-refractivity contribution >= 4 is 15.2 Å². The van der Waals surface area contributed by atoms with E-state index in [2.05, 4.69) is 0 Å². The van der Waals surface area contributed by atoms with Crippen LogP contribution in [0.25, 0.3) is 0 Å². The van der Waals surface area contributed by atoms with Crippen LogP contribution in [0.1, 0.15) is 0 Å². The molecule has 0 saturated carbocycles. The summed E-state index contributed by atoms with van der Waals surface area (Å²) in [6.45, 7) is 0. The van der Waals surface area contributed by atoms with Crippen molar-refractivity contribution in [1.82, 2.24) is 4.34 Å². The fourth-order valence-electron chi connectivity index (χ4n) is 0.0781. The molecule has 0 bridgehead atoms. The van der Waals surface area contributed by atoms with Gasteiger partial charge >= 0.3 is 42.5 Å². The van der Waals surface area contributed by atoms with Gasteiger partial charge in [0.05, 0.1) is 0 Å². The van der Waals surface area contributed by atoms with Gasteiger partial charge in [-0.1, -0.05) is 0 Å². The number of hydrogen-bond donors (Lipinski definition) is 2. The maximum absolute atomic E-state index is 9.51. The van der Waals surface area contributed by atoms with Gasteiger partial charge in [-0.15, -0.1) is 0 Å². The molecule has 7 heavy (non-hydrogen) atoms. The predicted molar refractivity (Wildman–Crippen MR) is 20.2 cm³/mol. The minimum absolute atomic E-state index is 1.04. The van der Waals surface area contributed by atoms with Crippen LogP contribution in [-0.4, -0.2) is 24.3 Å². The molecule has 2 N–H and O–H groups in total. The molecule has 0 saturated heterocycles. The number of hydrogen-bond acceptors (Lipinski definition) is 3. The molecule has 0 amide bonds. The molecule has 0 aromatic rings. The van der Waals surface area contributed by atoms with Crippen molar-refractivity contribution in [3.05, 3.63) is 10.1 Å². The quantitative estimate of drug-likeness (QED) is 0.281. The van der Waals surface area contributed by atoms with Crippen LogP contribution in [0.5, 0.6) is 0 Å². The van der Waals surface area contributed by atoms with Crippen LogP contribution < -0.4 is 4.34 Å². The molecule has 0 aromatic heterocycles. The third-order valence-electron chi connectivity index (χ3n) is 0.187. The summed E-state index contributed by atoms with van der Waals surface area (Å²) in [6, 6.07) is 0.